The van der Waals surface area contributed by atoms with E-state index in [0.29, 0.717) is 12.0 Å². The van der Waals surface area contributed by atoms with Gasteiger partial charge in [0.1, 0.15) is 0 Å². The van der Waals surface area contributed by atoms with Crippen molar-refractivity contribution < 1.29 is 5.11 Å². The van der Waals surface area contributed by atoms with E-state index in [1.165, 1.54) is 9.75 Å². The molecule has 0 aliphatic carbocycles. The first-order valence-corrected chi connectivity index (χ1v) is 7.34. The molecule has 0 radical (unpaired) electrons. The molecule has 0 bridgehead atoms. The fourth-order valence-corrected chi connectivity index (χ4v) is 2.94. The van der Waals surface area contributed by atoms with Crippen molar-refractivity contribution in [2.75, 3.05) is 6.54 Å². The van der Waals surface area contributed by atoms with Crippen molar-refractivity contribution in [3.05, 3.63) is 21.9 Å². The third-order valence-corrected chi connectivity index (χ3v) is 4.39. The SMILES string of the molecule is CCc1ccc(C(C)NCC(C)CC(C)O)s1. The highest BCUT2D eigenvalue weighted by Gasteiger charge is 2.11. The Morgan fingerprint density at radius 1 is 1.29 bits per heavy atom. The highest BCUT2D eigenvalue weighted by Crippen LogP contribution is 2.23. The quantitative estimate of drug-likeness (QED) is 0.783. The maximum Gasteiger partial charge on any atom is 0.0515 e. The molecule has 0 amide bonds. The minimum absolute atomic E-state index is 0.199. The average molecular weight is 255 g/mol. The zero-order valence-corrected chi connectivity index (χ0v) is 12.2. The van der Waals surface area contributed by atoms with Gasteiger partial charge in [0.2, 0.25) is 0 Å². The zero-order chi connectivity index (χ0) is 12.8. The summed E-state index contributed by atoms with van der Waals surface area (Å²) in [6, 6.07) is 4.86. The van der Waals surface area contributed by atoms with Crippen LogP contribution in [0.4, 0.5) is 0 Å². The van der Waals surface area contributed by atoms with Crippen LogP contribution in [-0.2, 0) is 6.42 Å². The van der Waals surface area contributed by atoms with Crippen LogP contribution in [0.5, 0.6) is 0 Å². The molecule has 0 aliphatic heterocycles. The van der Waals surface area contributed by atoms with Gasteiger partial charge in [-0.25, -0.2) is 0 Å². The molecule has 0 aliphatic rings. The van der Waals surface area contributed by atoms with E-state index < -0.39 is 0 Å². The third kappa shape index (κ3) is 5.19. The standard InChI is InChI=1S/C14H25NOS/c1-5-13-6-7-14(17-13)12(4)15-9-10(2)8-11(3)16/h6-7,10-12,15-16H,5,8-9H2,1-4H3. The van der Waals surface area contributed by atoms with E-state index in [1.807, 2.05) is 18.3 Å². The first kappa shape index (κ1) is 14.7. The predicted octanol–water partition coefficient (Wildman–Crippen LogP) is 3.37. The summed E-state index contributed by atoms with van der Waals surface area (Å²) in [5.74, 6) is 0.517. The molecule has 98 valence electrons. The molecule has 1 aromatic heterocycles. The Labute approximate surface area is 109 Å². The number of aryl methyl sites for hydroxylation is 1. The van der Waals surface area contributed by atoms with Crippen LogP contribution in [0.2, 0.25) is 0 Å². The predicted molar refractivity (Wildman–Crippen MR) is 75.6 cm³/mol. The molecule has 1 aromatic rings. The summed E-state index contributed by atoms with van der Waals surface area (Å²) in [6.07, 6.45) is 1.79. The van der Waals surface area contributed by atoms with Crippen molar-refractivity contribution in [3.8, 4) is 0 Å². The second kappa shape index (κ2) is 7.14. The van der Waals surface area contributed by atoms with Crippen LogP contribution in [-0.4, -0.2) is 17.8 Å². The zero-order valence-electron chi connectivity index (χ0n) is 11.4. The number of thiophene rings is 1. The molecule has 1 rings (SSSR count). The molecule has 3 atom stereocenters. The molecule has 0 spiro atoms. The van der Waals surface area contributed by atoms with Crippen LogP contribution < -0.4 is 5.32 Å². The molecule has 2 nitrogen and oxygen atoms in total. The Balaban J connectivity index is 2.36. The maximum atomic E-state index is 9.31. The molecular weight excluding hydrogens is 230 g/mol. The van der Waals surface area contributed by atoms with Gasteiger partial charge in [-0.05, 0) is 51.3 Å². The van der Waals surface area contributed by atoms with Crippen molar-refractivity contribution in [2.24, 2.45) is 5.92 Å². The number of aliphatic hydroxyl groups is 1. The fourth-order valence-electron chi connectivity index (χ4n) is 1.96. The van der Waals surface area contributed by atoms with E-state index in [9.17, 15) is 5.11 Å². The first-order chi connectivity index (χ1) is 8.02. The molecule has 0 saturated carbocycles. The lowest BCUT2D eigenvalue weighted by Crippen LogP contribution is -2.25. The van der Waals surface area contributed by atoms with Crippen LogP contribution in [0.3, 0.4) is 0 Å². The van der Waals surface area contributed by atoms with Crippen molar-refractivity contribution in [3.63, 3.8) is 0 Å². The summed E-state index contributed by atoms with van der Waals surface area (Å²) in [4.78, 5) is 2.86. The Morgan fingerprint density at radius 3 is 2.53 bits per heavy atom. The van der Waals surface area contributed by atoms with E-state index in [2.05, 4.69) is 38.2 Å². The number of hydrogen-bond donors (Lipinski definition) is 2. The van der Waals surface area contributed by atoms with E-state index in [0.717, 1.165) is 19.4 Å². The second-order valence-corrected chi connectivity index (χ2v) is 6.18. The lowest BCUT2D eigenvalue weighted by molar-refractivity contribution is 0.162. The van der Waals surface area contributed by atoms with Gasteiger partial charge >= 0.3 is 0 Å². The second-order valence-electron chi connectivity index (χ2n) is 4.98. The first-order valence-electron chi connectivity index (χ1n) is 6.53. The topological polar surface area (TPSA) is 32.3 Å². The van der Waals surface area contributed by atoms with E-state index in [-0.39, 0.29) is 6.10 Å². The van der Waals surface area contributed by atoms with Crippen molar-refractivity contribution >= 4 is 11.3 Å². The molecule has 2 N–H and O–H groups in total. The average Bonchev–Trinajstić information content (AvgIpc) is 2.73. The minimum atomic E-state index is -0.199. The third-order valence-electron chi connectivity index (χ3n) is 2.97. The van der Waals surface area contributed by atoms with Crippen molar-refractivity contribution in [1.82, 2.24) is 5.32 Å². The summed E-state index contributed by atoms with van der Waals surface area (Å²) in [5, 5.41) is 12.9. The van der Waals surface area contributed by atoms with Crippen molar-refractivity contribution in [2.45, 2.75) is 52.7 Å². The Bertz CT molecular complexity index is 322. The summed E-state index contributed by atoms with van der Waals surface area (Å²) < 4.78 is 0. The van der Waals surface area contributed by atoms with E-state index in [1.54, 1.807) is 0 Å². The highest BCUT2D eigenvalue weighted by molar-refractivity contribution is 7.12. The fraction of sp³-hybridized carbons (Fsp3) is 0.714. The number of nitrogens with one attached hydrogen (secondary N) is 1. The maximum absolute atomic E-state index is 9.31. The molecular formula is C14H25NOS. The molecule has 3 unspecified atom stereocenters. The highest BCUT2D eigenvalue weighted by atomic mass is 32.1. The van der Waals surface area contributed by atoms with Crippen molar-refractivity contribution in [1.29, 1.82) is 0 Å². The molecule has 0 aromatic carbocycles. The largest absolute Gasteiger partial charge is 0.393 e. The monoisotopic (exact) mass is 255 g/mol. The molecule has 0 saturated heterocycles. The van der Waals surface area contributed by atoms with Gasteiger partial charge in [-0.1, -0.05) is 13.8 Å². The van der Waals surface area contributed by atoms with Crippen LogP contribution >= 0.6 is 11.3 Å². The summed E-state index contributed by atoms with van der Waals surface area (Å²) in [7, 11) is 0. The molecule has 3 heteroatoms. The summed E-state index contributed by atoms with van der Waals surface area (Å²) in [5.41, 5.74) is 0. The van der Waals surface area contributed by atoms with Crippen LogP contribution in [0.15, 0.2) is 12.1 Å². The van der Waals surface area contributed by atoms with Gasteiger partial charge in [-0.3, -0.25) is 0 Å². The lowest BCUT2D eigenvalue weighted by atomic mass is 10.0. The van der Waals surface area contributed by atoms with Gasteiger partial charge in [0.15, 0.2) is 0 Å². The van der Waals surface area contributed by atoms with E-state index >= 15 is 0 Å². The Hall–Kier alpha value is -0.380. The molecule has 17 heavy (non-hydrogen) atoms. The minimum Gasteiger partial charge on any atom is -0.393 e. The van der Waals surface area contributed by atoms with Crippen LogP contribution in [0, 0.1) is 5.92 Å². The van der Waals surface area contributed by atoms with Crippen LogP contribution in [0.1, 0.15) is 49.9 Å². The summed E-state index contributed by atoms with van der Waals surface area (Å²) >= 11 is 1.89. The Morgan fingerprint density at radius 2 is 2.00 bits per heavy atom. The van der Waals surface area contributed by atoms with Gasteiger partial charge in [0, 0.05) is 15.8 Å². The molecule has 1 heterocycles. The Kier molecular flexibility index (Phi) is 6.17. The van der Waals surface area contributed by atoms with Gasteiger partial charge in [0.05, 0.1) is 6.10 Å². The lowest BCUT2D eigenvalue weighted by Gasteiger charge is -2.17. The number of rotatable bonds is 7. The van der Waals surface area contributed by atoms with Crippen LogP contribution in [0.25, 0.3) is 0 Å². The van der Waals surface area contributed by atoms with Gasteiger partial charge < -0.3 is 10.4 Å². The smallest absolute Gasteiger partial charge is 0.0515 e. The number of hydrogen-bond acceptors (Lipinski definition) is 3. The van der Waals surface area contributed by atoms with Gasteiger partial charge in [-0.2, -0.15) is 0 Å². The normalized spacial score (nSPS) is 16.8. The number of aliphatic hydroxyl groups excluding tert-OH is 1. The van der Waals surface area contributed by atoms with E-state index in [4.69, 9.17) is 0 Å². The van der Waals surface area contributed by atoms with Gasteiger partial charge in [0.25, 0.3) is 0 Å². The molecule has 0 fully saturated rings. The van der Waals surface area contributed by atoms with Gasteiger partial charge in [-0.15, -0.1) is 11.3 Å². The summed E-state index contributed by atoms with van der Waals surface area (Å²) in [6.45, 7) is 9.40.